The quantitative estimate of drug-likeness (QED) is 0.810. The summed E-state index contributed by atoms with van der Waals surface area (Å²) in [5.41, 5.74) is 2.25. The fourth-order valence-electron chi connectivity index (χ4n) is 2.77. The van der Waals surface area contributed by atoms with Crippen molar-refractivity contribution in [2.24, 2.45) is 0 Å². The van der Waals surface area contributed by atoms with Gasteiger partial charge in [-0.05, 0) is 13.8 Å². The Morgan fingerprint density at radius 3 is 2.59 bits per heavy atom. The van der Waals surface area contributed by atoms with Gasteiger partial charge in [-0.2, -0.15) is 0 Å². The normalized spacial score (nSPS) is 29.5. The number of nitrogens with zero attached hydrogens (tertiary/aromatic N) is 2. The molecule has 0 radical (unpaired) electrons. The molecule has 17 heavy (non-hydrogen) atoms. The molecule has 1 aromatic rings. The van der Waals surface area contributed by atoms with E-state index in [4.69, 9.17) is 9.26 Å². The lowest BCUT2D eigenvalue weighted by atomic mass is 10.0. The molecule has 0 spiro atoms. The molecule has 2 saturated heterocycles. The highest BCUT2D eigenvalue weighted by Gasteiger charge is 2.35. The standard InChI is InChI=1S/C12H19N3O2/c1-8-12(9(2)17-14-8)5-15-10-3-13-4-11(15)7-16-6-10/h10-11,13H,3-7H2,1-2H3/t10-,11-/m0/s1. The SMILES string of the molecule is Cc1noc(C)c1CN1[C@H]2CNC[C@H]1COC2. The Morgan fingerprint density at radius 1 is 1.29 bits per heavy atom. The third-order valence-electron chi connectivity index (χ3n) is 3.84. The summed E-state index contributed by atoms with van der Waals surface area (Å²) in [6, 6.07) is 0.965. The minimum absolute atomic E-state index is 0.483. The molecule has 0 aliphatic carbocycles. The van der Waals surface area contributed by atoms with Crippen LogP contribution < -0.4 is 5.32 Å². The first-order valence-electron chi connectivity index (χ1n) is 6.21. The van der Waals surface area contributed by atoms with Crippen LogP contribution in [0.3, 0.4) is 0 Å². The Bertz CT molecular complexity index is 363. The van der Waals surface area contributed by atoms with Crippen LogP contribution in [0.4, 0.5) is 0 Å². The van der Waals surface area contributed by atoms with E-state index in [2.05, 4.69) is 15.4 Å². The van der Waals surface area contributed by atoms with Gasteiger partial charge in [0.15, 0.2) is 0 Å². The summed E-state index contributed by atoms with van der Waals surface area (Å²) >= 11 is 0. The number of ether oxygens (including phenoxy) is 1. The second-order valence-corrected chi connectivity index (χ2v) is 4.98. The van der Waals surface area contributed by atoms with Gasteiger partial charge in [0.1, 0.15) is 5.76 Å². The largest absolute Gasteiger partial charge is 0.378 e. The van der Waals surface area contributed by atoms with Crippen molar-refractivity contribution in [3.05, 3.63) is 17.0 Å². The van der Waals surface area contributed by atoms with Gasteiger partial charge in [-0.15, -0.1) is 0 Å². The predicted octanol–water partition coefficient (Wildman–Crippen LogP) is 0.464. The minimum atomic E-state index is 0.483. The Morgan fingerprint density at radius 2 is 2.00 bits per heavy atom. The molecule has 5 nitrogen and oxygen atoms in total. The number of piperazine rings is 1. The first-order chi connectivity index (χ1) is 8.25. The van der Waals surface area contributed by atoms with Crippen molar-refractivity contribution in [3.63, 3.8) is 0 Å². The third kappa shape index (κ3) is 1.99. The average Bonchev–Trinajstić information content (AvgIpc) is 2.60. The monoisotopic (exact) mass is 237 g/mol. The summed E-state index contributed by atoms with van der Waals surface area (Å²) in [7, 11) is 0. The Balaban J connectivity index is 1.80. The predicted molar refractivity (Wildman–Crippen MR) is 62.8 cm³/mol. The van der Waals surface area contributed by atoms with E-state index < -0.39 is 0 Å². The highest BCUT2D eigenvalue weighted by Crippen LogP contribution is 2.22. The first-order valence-corrected chi connectivity index (χ1v) is 6.21. The molecule has 3 heterocycles. The maximum atomic E-state index is 5.63. The summed E-state index contributed by atoms with van der Waals surface area (Å²) in [6.45, 7) is 8.62. The van der Waals surface area contributed by atoms with Crippen LogP contribution in [-0.2, 0) is 11.3 Å². The van der Waals surface area contributed by atoms with Crippen LogP contribution in [0, 0.1) is 13.8 Å². The molecule has 2 aliphatic rings. The molecular weight excluding hydrogens is 218 g/mol. The molecule has 1 aromatic heterocycles. The van der Waals surface area contributed by atoms with Crippen LogP contribution in [0.25, 0.3) is 0 Å². The van der Waals surface area contributed by atoms with E-state index in [-0.39, 0.29) is 0 Å². The van der Waals surface area contributed by atoms with Crippen LogP contribution in [0.2, 0.25) is 0 Å². The first kappa shape index (κ1) is 11.2. The summed E-state index contributed by atoms with van der Waals surface area (Å²) < 4.78 is 10.9. The third-order valence-corrected chi connectivity index (χ3v) is 3.84. The Labute approximate surface area is 101 Å². The fraction of sp³-hybridized carbons (Fsp3) is 0.750. The van der Waals surface area contributed by atoms with E-state index in [1.807, 2.05) is 13.8 Å². The molecule has 0 saturated carbocycles. The van der Waals surface area contributed by atoms with Crippen LogP contribution in [0.5, 0.6) is 0 Å². The van der Waals surface area contributed by atoms with Gasteiger partial charge >= 0.3 is 0 Å². The fourth-order valence-corrected chi connectivity index (χ4v) is 2.77. The van der Waals surface area contributed by atoms with Crippen molar-refractivity contribution in [1.29, 1.82) is 0 Å². The van der Waals surface area contributed by atoms with Crippen molar-refractivity contribution in [2.45, 2.75) is 32.5 Å². The van der Waals surface area contributed by atoms with Crippen molar-refractivity contribution in [2.75, 3.05) is 26.3 Å². The van der Waals surface area contributed by atoms with Crippen molar-refractivity contribution in [3.8, 4) is 0 Å². The van der Waals surface area contributed by atoms with Gasteiger partial charge in [0.25, 0.3) is 0 Å². The number of nitrogens with one attached hydrogen (secondary N) is 1. The number of aromatic nitrogens is 1. The van der Waals surface area contributed by atoms with E-state index in [9.17, 15) is 0 Å². The zero-order valence-corrected chi connectivity index (χ0v) is 10.4. The number of morpholine rings is 1. The van der Waals surface area contributed by atoms with E-state index in [1.54, 1.807) is 0 Å². The van der Waals surface area contributed by atoms with Gasteiger partial charge in [-0.25, -0.2) is 0 Å². The van der Waals surface area contributed by atoms with Crippen LogP contribution in [-0.4, -0.2) is 48.4 Å². The summed E-state index contributed by atoms with van der Waals surface area (Å²) in [4.78, 5) is 2.53. The number of aryl methyl sites for hydroxylation is 2. The van der Waals surface area contributed by atoms with Crippen molar-refractivity contribution >= 4 is 0 Å². The van der Waals surface area contributed by atoms with Gasteiger partial charge in [-0.1, -0.05) is 5.16 Å². The Kier molecular flexibility index (Phi) is 2.90. The van der Waals surface area contributed by atoms with Gasteiger partial charge in [-0.3, -0.25) is 4.90 Å². The molecule has 0 aromatic carbocycles. The van der Waals surface area contributed by atoms with E-state index in [1.165, 1.54) is 5.56 Å². The molecule has 3 rings (SSSR count). The number of hydrogen-bond donors (Lipinski definition) is 1. The number of rotatable bonds is 2. The second kappa shape index (κ2) is 4.40. The van der Waals surface area contributed by atoms with E-state index >= 15 is 0 Å². The lowest BCUT2D eigenvalue weighted by Crippen LogP contribution is -2.63. The van der Waals surface area contributed by atoms with Gasteiger partial charge < -0.3 is 14.6 Å². The average molecular weight is 237 g/mol. The van der Waals surface area contributed by atoms with E-state index in [0.717, 1.165) is 44.3 Å². The molecule has 2 atom stereocenters. The molecule has 2 fully saturated rings. The molecule has 5 heteroatoms. The van der Waals surface area contributed by atoms with Gasteiger partial charge in [0.05, 0.1) is 18.9 Å². The summed E-state index contributed by atoms with van der Waals surface area (Å²) in [5, 5.41) is 7.49. The van der Waals surface area contributed by atoms with Crippen LogP contribution >= 0.6 is 0 Å². The highest BCUT2D eigenvalue weighted by molar-refractivity contribution is 5.21. The maximum absolute atomic E-state index is 5.63. The van der Waals surface area contributed by atoms with Gasteiger partial charge in [0, 0.05) is 37.3 Å². The molecule has 0 amide bonds. The molecule has 94 valence electrons. The Hall–Kier alpha value is -0.910. The second-order valence-electron chi connectivity index (χ2n) is 4.98. The van der Waals surface area contributed by atoms with E-state index in [0.29, 0.717) is 12.1 Å². The molecule has 1 N–H and O–H groups in total. The van der Waals surface area contributed by atoms with Crippen LogP contribution in [0.1, 0.15) is 17.0 Å². The van der Waals surface area contributed by atoms with Crippen LogP contribution in [0.15, 0.2) is 4.52 Å². The molecule has 2 aliphatic heterocycles. The lowest BCUT2D eigenvalue weighted by Gasteiger charge is -2.46. The molecule has 0 unspecified atom stereocenters. The van der Waals surface area contributed by atoms with Crippen molar-refractivity contribution < 1.29 is 9.26 Å². The minimum Gasteiger partial charge on any atom is -0.378 e. The zero-order valence-electron chi connectivity index (χ0n) is 10.4. The molecular formula is C12H19N3O2. The topological polar surface area (TPSA) is 50.5 Å². The molecule has 2 bridgehead atoms. The smallest absolute Gasteiger partial charge is 0.138 e. The number of hydrogen-bond acceptors (Lipinski definition) is 5. The number of fused-ring (bicyclic) bond motifs is 2. The van der Waals surface area contributed by atoms with Gasteiger partial charge in [0.2, 0.25) is 0 Å². The summed E-state index contributed by atoms with van der Waals surface area (Å²) in [6.07, 6.45) is 0. The zero-order chi connectivity index (χ0) is 11.8. The maximum Gasteiger partial charge on any atom is 0.138 e. The van der Waals surface area contributed by atoms with Crippen molar-refractivity contribution in [1.82, 2.24) is 15.4 Å². The summed E-state index contributed by atoms with van der Waals surface area (Å²) in [5.74, 6) is 0.944. The lowest BCUT2D eigenvalue weighted by molar-refractivity contribution is -0.0691. The highest BCUT2D eigenvalue weighted by atomic mass is 16.5.